The number of nitrogens with one attached hydrogen (secondary N) is 2. The molecule has 6 nitrogen and oxygen atoms in total. The van der Waals surface area contributed by atoms with Gasteiger partial charge in [-0.3, -0.25) is 9.59 Å². The highest BCUT2D eigenvalue weighted by molar-refractivity contribution is 5.95. The average molecular weight is 345 g/mol. The van der Waals surface area contributed by atoms with Gasteiger partial charge in [-0.2, -0.15) is 0 Å². The van der Waals surface area contributed by atoms with Crippen LogP contribution in [-0.2, 0) is 9.53 Å². The van der Waals surface area contributed by atoms with Gasteiger partial charge in [0.25, 0.3) is 5.91 Å². The first-order valence-corrected chi connectivity index (χ1v) is 9.24. The molecule has 0 saturated carbocycles. The number of anilines is 1. The molecule has 3 rings (SSSR count). The standard InChI is InChI=1S/C19H27N3O3/c23-18(21-13-17-8-5-11-25-17)14-20-16-7-4-6-15(12-16)19(24)22-9-2-1-3-10-22/h4,6-7,12,17,20H,1-3,5,8-11,13-14H2,(H,21,23). The van der Waals surface area contributed by atoms with E-state index in [1.54, 1.807) is 0 Å². The molecule has 136 valence electrons. The van der Waals surface area contributed by atoms with Gasteiger partial charge in [-0.1, -0.05) is 6.07 Å². The lowest BCUT2D eigenvalue weighted by Crippen LogP contribution is -2.36. The first-order chi connectivity index (χ1) is 12.2. The minimum atomic E-state index is -0.0664. The predicted molar refractivity (Wildman–Crippen MR) is 96.7 cm³/mol. The third kappa shape index (κ3) is 5.19. The number of piperidine rings is 1. The first-order valence-electron chi connectivity index (χ1n) is 9.24. The summed E-state index contributed by atoms with van der Waals surface area (Å²) in [6.07, 6.45) is 5.58. The molecule has 2 amide bonds. The van der Waals surface area contributed by atoms with E-state index >= 15 is 0 Å². The van der Waals surface area contributed by atoms with Crippen LogP contribution in [0.2, 0.25) is 0 Å². The Labute approximate surface area is 148 Å². The van der Waals surface area contributed by atoms with Crippen LogP contribution in [0.3, 0.4) is 0 Å². The maximum absolute atomic E-state index is 12.5. The smallest absolute Gasteiger partial charge is 0.253 e. The minimum Gasteiger partial charge on any atom is -0.376 e. The SMILES string of the molecule is O=C(CNc1cccc(C(=O)N2CCCCC2)c1)NCC1CCCO1. The van der Waals surface area contributed by atoms with Crippen molar-refractivity contribution in [2.24, 2.45) is 0 Å². The van der Waals surface area contributed by atoms with Crippen LogP contribution in [0.4, 0.5) is 5.69 Å². The Morgan fingerprint density at radius 2 is 2.00 bits per heavy atom. The zero-order valence-corrected chi connectivity index (χ0v) is 14.6. The molecule has 25 heavy (non-hydrogen) atoms. The molecule has 2 N–H and O–H groups in total. The number of carbonyl (C=O) groups excluding carboxylic acids is 2. The molecule has 2 aliphatic heterocycles. The number of benzene rings is 1. The lowest BCUT2D eigenvalue weighted by atomic mass is 10.1. The van der Waals surface area contributed by atoms with Gasteiger partial charge in [0.2, 0.25) is 5.91 Å². The first kappa shape index (κ1) is 17.7. The van der Waals surface area contributed by atoms with Crippen molar-refractivity contribution in [3.8, 4) is 0 Å². The summed E-state index contributed by atoms with van der Waals surface area (Å²) >= 11 is 0. The predicted octanol–water partition coefficient (Wildman–Crippen LogP) is 2.02. The molecule has 6 heteroatoms. The van der Waals surface area contributed by atoms with E-state index in [4.69, 9.17) is 4.74 Å². The highest BCUT2D eigenvalue weighted by Gasteiger charge is 2.18. The van der Waals surface area contributed by atoms with Crippen LogP contribution < -0.4 is 10.6 Å². The van der Waals surface area contributed by atoms with Gasteiger partial charge in [-0.25, -0.2) is 0 Å². The summed E-state index contributed by atoms with van der Waals surface area (Å²) in [5.74, 6) is 0.00874. The summed E-state index contributed by atoms with van der Waals surface area (Å²) in [5.41, 5.74) is 1.46. The Kier molecular flexibility index (Phi) is 6.28. The Balaban J connectivity index is 1.47. The summed E-state index contributed by atoms with van der Waals surface area (Å²) in [7, 11) is 0. The monoisotopic (exact) mass is 345 g/mol. The molecule has 2 heterocycles. The van der Waals surface area contributed by atoms with Gasteiger partial charge < -0.3 is 20.3 Å². The average Bonchev–Trinajstić information content (AvgIpc) is 3.19. The molecule has 2 aliphatic rings. The second-order valence-corrected chi connectivity index (χ2v) is 6.73. The van der Waals surface area contributed by atoms with Gasteiger partial charge in [-0.15, -0.1) is 0 Å². The van der Waals surface area contributed by atoms with Crippen molar-refractivity contribution in [3.05, 3.63) is 29.8 Å². The van der Waals surface area contributed by atoms with Gasteiger partial charge in [0.15, 0.2) is 0 Å². The fraction of sp³-hybridized carbons (Fsp3) is 0.579. The molecule has 0 bridgehead atoms. The van der Waals surface area contributed by atoms with Crippen LogP contribution >= 0.6 is 0 Å². The van der Waals surface area contributed by atoms with Crippen molar-refractivity contribution in [2.75, 3.05) is 38.1 Å². The zero-order valence-electron chi connectivity index (χ0n) is 14.6. The molecule has 2 fully saturated rings. The number of amides is 2. The second-order valence-electron chi connectivity index (χ2n) is 6.73. The van der Waals surface area contributed by atoms with Gasteiger partial charge in [0.1, 0.15) is 0 Å². The fourth-order valence-electron chi connectivity index (χ4n) is 3.32. The quantitative estimate of drug-likeness (QED) is 0.827. The Morgan fingerprint density at radius 3 is 2.76 bits per heavy atom. The summed E-state index contributed by atoms with van der Waals surface area (Å²) < 4.78 is 5.49. The van der Waals surface area contributed by atoms with Crippen LogP contribution in [0.15, 0.2) is 24.3 Å². The van der Waals surface area contributed by atoms with E-state index in [1.165, 1.54) is 6.42 Å². The number of rotatable bonds is 6. The van der Waals surface area contributed by atoms with Crippen molar-refractivity contribution in [3.63, 3.8) is 0 Å². The van der Waals surface area contributed by atoms with Crippen LogP contribution in [0.5, 0.6) is 0 Å². The van der Waals surface area contributed by atoms with Crippen molar-refractivity contribution >= 4 is 17.5 Å². The maximum Gasteiger partial charge on any atom is 0.253 e. The minimum absolute atomic E-state index is 0.0664. The van der Waals surface area contributed by atoms with Crippen LogP contribution in [0.1, 0.15) is 42.5 Å². The molecule has 0 aromatic heterocycles. The molecule has 0 spiro atoms. The lowest BCUT2D eigenvalue weighted by Gasteiger charge is -2.26. The van der Waals surface area contributed by atoms with Crippen molar-refractivity contribution in [1.82, 2.24) is 10.2 Å². The Morgan fingerprint density at radius 1 is 1.16 bits per heavy atom. The van der Waals surface area contributed by atoms with Crippen LogP contribution in [0, 0.1) is 0 Å². The van der Waals surface area contributed by atoms with Crippen LogP contribution in [-0.4, -0.2) is 55.6 Å². The third-order valence-corrected chi connectivity index (χ3v) is 4.76. The third-order valence-electron chi connectivity index (χ3n) is 4.76. The molecular weight excluding hydrogens is 318 g/mol. The van der Waals surface area contributed by atoms with Crippen molar-refractivity contribution < 1.29 is 14.3 Å². The highest BCUT2D eigenvalue weighted by atomic mass is 16.5. The maximum atomic E-state index is 12.5. The number of hydrogen-bond acceptors (Lipinski definition) is 4. The summed E-state index contributed by atoms with van der Waals surface area (Å²) in [4.78, 5) is 26.4. The topological polar surface area (TPSA) is 70.7 Å². The van der Waals surface area contributed by atoms with Crippen molar-refractivity contribution in [2.45, 2.75) is 38.2 Å². The number of hydrogen-bond donors (Lipinski definition) is 2. The highest BCUT2D eigenvalue weighted by Crippen LogP contribution is 2.16. The number of ether oxygens (including phenoxy) is 1. The van der Waals surface area contributed by atoms with Crippen LogP contribution in [0.25, 0.3) is 0 Å². The second kappa shape index (κ2) is 8.85. The van der Waals surface area contributed by atoms with E-state index in [0.717, 1.165) is 51.1 Å². The molecule has 1 atom stereocenters. The number of likely N-dealkylation sites (tertiary alicyclic amines) is 1. The molecule has 1 unspecified atom stereocenters. The van der Waals surface area contributed by atoms with Crippen molar-refractivity contribution in [1.29, 1.82) is 0 Å². The van der Waals surface area contributed by atoms with E-state index in [-0.39, 0.29) is 24.5 Å². The lowest BCUT2D eigenvalue weighted by molar-refractivity contribution is -0.119. The molecule has 1 aromatic carbocycles. The van der Waals surface area contributed by atoms with Gasteiger partial charge in [0, 0.05) is 37.5 Å². The van der Waals surface area contributed by atoms with Gasteiger partial charge >= 0.3 is 0 Å². The molecule has 2 saturated heterocycles. The summed E-state index contributed by atoms with van der Waals surface area (Å²) in [6.45, 7) is 3.21. The van der Waals surface area contributed by atoms with E-state index in [0.29, 0.717) is 12.1 Å². The van der Waals surface area contributed by atoms with E-state index in [1.807, 2.05) is 29.2 Å². The van der Waals surface area contributed by atoms with E-state index in [2.05, 4.69) is 10.6 Å². The molecular formula is C19H27N3O3. The van der Waals surface area contributed by atoms with E-state index < -0.39 is 0 Å². The molecule has 1 aromatic rings. The summed E-state index contributed by atoms with van der Waals surface area (Å²) in [5, 5.41) is 5.98. The van der Waals surface area contributed by atoms with E-state index in [9.17, 15) is 9.59 Å². The largest absolute Gasteiger partial charge is 0.376 e. The normalized spacial score (nSPS) is 20.3. The molecule has 0 aliphatic carbocycles. The van der Waals surface area contributed by atoms with Gasteiger partial charge in [-0.05, 0) is 50.3 Å². The summed E-state index contributed by atoms with van der Waals surface area (Å²) in [6, 6.07) is 7.38. The number of nitrogens with zero attached hydrogens (tertiary/aromatic N) is 1. The zero-order chi connectivity index (χ0) is 17.5. The Bertz CT molecular complexity index is 593. The Hall–Kier alpha value is -2.08. The molecule has 0 radical (unpaired) electrons. The number of carbonyl (C=O) groups is 2. The van der Waals surface area contributed by atoms with Gasteiger partial charge in [0.05, 0.1) is 12.6 Å². The fourth-order valence-corrected chi connectivity index (χ4v) is 3.32.